The second kappa shape index (κ2) is 7.14. The Bertz CT molecular complexity index is 409. The Kier molecular flexibility index (Phi) is 5.83. The molecule has 0 saturated heterocycles. The number of rotatable bonds is 6. The molecule has 0 spiro atoms. The molecule has 0 aromatic heterocycles. The van der Waals surface area contributed by atoms with E-state index < -0.39 is 6.10 Å². The number of aliphatic hydroxyl groups is 1. The molecule has 0 heterocycles. The summed E-state index contributed by atoms with van der Waals surface area (Å²) in [5.74, 6) is 0.657. The number of aliphatic hydroxyl groups excluding tert-OH is 1. The molecule has 106 valence electrons. The van der Waals surface area contributed by atoms with E-state index in [1.807, 2.05) is 45.9 Å². The van der Waals surface area contributed by atoms with E-state index in [0.717, 1.165) is 16.9 Å². The normalized spacial score (nSPS) is 12.3. The highest BCUT2D eigenvalue weighted by molar-refractivity contribution is 5.77. The molecule has 0 aliphatic heterocycles. The second-order valence-electron chi connectivity index (χ2n) is 5.13. The molecule has 0 bridgehead atoms. The zero-order valence-corrected chi connectivity index (χ0v) is 12.1. The molecule has 0 radical (unpaired) electrons. The average molecular weight is 265 g/mol. The number of para-hydroxylation sites is 1. The molecule has 1 aromatic carbocycles. The van der Waals surface area contributed by atoms with Crippen molar-refractivity contribution in [2.24, 2.45) is 5.92 Å². The number of ether oxygens (including phenoxy) is 1. The first-order valence-corrected chi connectivity index (χ1v) is 6.55. The Hall–Kier alpha value is -1.55. The van der Waals surface area contributed by atoms with Gasteiger partial charge in [-0.25, -0.2) is 0 Å². The van der Waals surface area contributed by atoms with Gasteiger partial charge in [0.15, 0.2) is 6.61 Å². The number of amides is 1. The molecule has 1 aromatic rings. The summed E-state index contributed by atoms with van der Waals surface area (Å²) in [6.07, 6.45) is -0.524. The highest BCUT2D eigenvalue weighted by Crippen LogP contribution is 2.21. The van der Waals surface area contributed by atoms with Gasteiger partial charge in [-0.05, 0) is 30.9 Å². The Balaban J connectivity index is 2.42. The lowest BCUT2D eigenvalue weighted by Crippen LogP contribution is -2.37. The predicted molar refractivity (Wildman–Crippen MR) is 75.3 cm³/mol. The van der Waals surface area contributed by atoms with Crippen molar-refractivity contribution in [1.29, 1.82) is 0 Å². The minimum Gasteiger partial charge on any atom is -0.483 e. The van der Waals surface area contributed by atoms with Crippen LogP contribution in [-0.4, -0.2) is 30.3 Å². The summed E-state index contributed by atoms with van der Waals surface area (Å²) in [5, 5.41) is 12.3. The van der Waals surface area contributed by atoms with Crippen LogP contribution in [0.4, 0.5) is 0 Å². The number of carbonyl (C=O) groups excluding carboxylic acids is 1. The van der Waals surface area contributed by atoms with Crippen LogP contribution in [0.15, 0.2) is 18.2 Å². The summed E-state index contributed by atoms with van der Waals surface area (Å²) in [4.78, 5) is 11.6. The molecule has 0 aliphatic rings. The molecule has 0 fully saturated rings. The zero-order chi connectivity index (χ0) is 14.4. The SMILES string of the molecule is Cc1cccc(C)c1OCC(=O)NCC(O)C(C)C. The average Bonchev–Trinajstić information content (AvgIpc) is 2.35. The molecule has 1 amide bonds. The molecular formula is C15H23NO3. The summed E-state index contributed by atoms with van der Waals surface area (Å²) in [7, 11) is 0. The quantitative estimate of drug-likeness (QED) is 0.825. The van der Waals surface area contributed by atoms with E-state index in [-0.39, 0.29) is 25.0 Å². The maximum absolute atomic E-state index is 11.6. The molecule has 1 atom stereocenters. The lowest BCUT2D eigenvalue weighted by Gasteiger charge is -2.16. The van der Waals surface area contributed by atoms with Gasteiger partial charge in [0.2, 0.25) is 0 Å². The van der Waals surface area contributed by atoms with Crippen molar-refractivity contribution in [1.82, 2.24) is 5.32 Å². The van der Waals surface area contributed by atoms with Crippen LogP contribution in [-0.2, 0) is 4.79 Å². The van der Waals surface area contributed by atoms with Crippen molar-refractivity contribution in [2.45, 2.75) is 33.8 Å². The van der Waals surface area contributed by atoms with Crippen LogP contribution >= 0.6 is 0 Å². The zero-order valence-electron chi connectivity index (χ0n) is 12.1. The summed E-state index contributed by atoms with van der Waals surface area (Å²) in [6, 6.07) is 5.85. The van der Waals surface area contributed by atoms with Gasteiger partial charge in [0.1, 0.15) is 5.75 Å². The fourth-order valence-electron chi connectivity index (χ4n) is 1.67. The maximum atomic E-state index is 11.6. The number of nitrogens with one attached hydrogen (secondary N) is 1. The molecule has 0 saturated carbocycles. The molecule has 19 heavy (non-hydrogen) atoms. The lowest BCUT2D eigenvalue weighted by molar-refractivity contribution is -0.123. The van der Waals surface area contributed by atoms with E-state index in [9.17, 15) is 9.90 Å². The van der Waals surface area contributed by atoms with Crippen LogP contribution in [0.3, 0.4) is 0 Å². The van der Waals surface area contributed by atoms with Crippen LogP contribution in [0.5, 0.6) is 5.75 Å². The maximum Gasteiger partial charge on any atom is 0.258 e. The third-order valence-electron chi connectivity index (χ3n) is 3.03. The minimum atomic E-state index is -0.524. The summed E-state index contributed by atoms with van der Waals surface area (Å²) >= 11 is 0. The van der Waals surface area contributed by atoms with Gasteiger partial charge in [-0.2, -0.15) is 0 Å². The molecule has 1 rings (SSSR count). The summed E-state index contributed by atoms with van der Waals surface area (Å²) in [5.41, 5.74) is 2.02. The van der Waals surface area contributed by atoms with Gasteiger partial charge in [0.05, 0.1) is 6.10 Å². The Labute approximate surface area is 114 Å². The Morgan fingerprint density at radius 3 is 2.42 bits per heavy atom. The fourth-order valence-corrected chi connectivity index (χ4v) is 1.67. The largest absolute Gasteiger partial charge is 0.483 e. The van der Waals surface area contributed by atoms with Gasteiger partial charge in [-0.3, -0.25) is 4.79 Å². The first kappa shape index (κ1) is 15.5. The van der Waals surface area contributed by atoms with E-state index >= 15 is 0 Å². The lowest BCUT2D eigenvalue weighted by atomic mass is 10.1. The van der Waals surface area contributed by atoms with Crippen LogP contribution in [0.2, 0.25) is 0 Å². The third kappa shape index (κ3) is 4.91. The monoisotopic (exact) mass is 265 g/mol. The van der Waals surface area contributed by atoms with Crippen molar-refractivity contribution in [2.75, 3.05) is 13.2 Å². The van der Waals surface area contributed by atoms with Crippen LogP contribution in [0.25, 0.3) is 0 Å². The van der Waals surface area contributed by atoms with Crippen molar-refractivity contribution >= 4 is 5.91 Å². The topological polar surface area (TPSA) is 58.6 Å². The number of benzene rings is 1. The number of aryl methyl sites for hydroxylation is 2. The first-order chi connectivity index (χ1) is 8.91. The van der Waals surface area contributed by atoms with Crippen molar-refractivity contribution < 1.29 is 14.6 Å². The standard InChI is InChI=1S/C15H23NO3/c1-10(2)13(17)8-16-14(18)9-19-15-11(3)6-5-7-12(15)4/h5-7,10,13,17H,8-9H2,1-4H3,(H,16,18). The predicted octanol–water partition coefficient (Wildman–Crippen LogP) is 1.82. The van der Waals surface area contributed by atoms with E-state index in [0.29, 0.717) is 0 Å². The molecule has 0 aliphatic carbocycles. The van der Waals surface area contributed by atoms with Crippen molar-refractivity contribution in [3.05, 3.63) is 29.3 Å². The Morgan fingerprint density at radius 2 is 1.89 bits per heavy atom. The van der Waals surface area contributed by atoms with Crippen LogP contribution < -0.4 is 10.1 Å². The van der Waals surface area contributed by atoms with Gasteiger partial charge in [-0.15, -0.1) is 0 Å². The van der Waals surface area contributed by atoms with Gasteiger partial charge in [-0.1, -0.05) is 32.0 Å². The highest BCUT2D eigenvalue weighted by Gasteiger charge is 2.11. The molecule has 4 heteroatoms. The molecular weight excluding hydrogens is 242 g/mol. The smallest absolute Gasteiger partial charge is 0.258 e. The van der Waals surface area contributed by atoms with Crippen LogP contribution in [0, 0.1) is 19.8 Å². The minimum absolute atomic E-state index is 0.0312. The van der Waals surface area contributed by atoms with Crippen molar-refractivity contribution in [3.63, 3.8) is 0 Å². The van der Waals surface area contributed by atoms with E-state index in [2.05, 4.69) is 5.32 Å². The molecule has 1 unspecified atom stereocenters. The van der Waals surface area contributed by atoms with Crippen LogP contribution in [0.1, 0.15) is 25.0 Å². The molecule has 4 nitrogen and oxygen atoms in total. The summed E-state index contributed by atoms with van der Waals surface area (Å²) < 4.78 is 5.53. The van der Waals surface area contributed by atoms with E-state index in [1.165, 1.54) is 0 Å². The third-order valence-corrected chi connectivity index (χ3v) is 3.03. The fraction of sp³-hybridized carbons (Fsp3) is 0.533. The van der Waals surface area contributed by atoms with Gasteiger partial charge in [0.25, 0.3) is 5.91 Å². The highest BCUT2D eigenvalue weighted by atomic mass is 16.5. The molecule has 2 N–H and O–H groups in total. The van der Waals surface area contributed by atoms with Gasteiger partial charge in [0, 0.05) is 6.54 Å². The summed E-state index contributed by atoms with van der Waals surface area (Å²) in [6.45, 7) is 7.93. The van der Waals surface area contributed by atoms with Crippen molar-refractivity contribution in [3.8, 4) is 5.75 Å². The number of carbonyl (C=O) groups is 1. The van der Waals surface area contributed by atoms with E-state index in [4.69, 9.17) is 4.74 Å². The van der Waals surface area contributed by atoms with Gasteiger partial charge >= 0.3 is 0 Å². The van der Waals surface area contributed by atoms with Gasteiger partial charge < -0.3 is 15.2 Å². The Morgan fingerprint density at radius 1 is 1.32 bits per heavy atom. The first-order valence-electron chi connectivity index (χ1n) is 6.55. The number of hydrogen-bond acceptors (Lipinski definition) is 3. The van der Waals surface area contributed by atoms with E-state index in [1.54, 1.807) is 0 Å². The second-order valence-corrected chi connectivity index (χ2v) is 5.13. The number of hydrogen-bond donors (Lipinski definition) is 2.